The summed E-state index contributed by atoms with van der Waals surface area (Å²) in [6, 6.07) is 10.4. The van der Waals surface area contributed by atoms with Crippen LogP contribution in [0.1, 0.15) is 44.6 Å². The van der Waals surface area contributed by atoms with Crippen LogP contribution in [0.4, 0.5) is 0 Å². The molecule has 0 aromatic heterocycles. The average Bonchev–Trinajstić information content (AvgIpc) is 2.70. The number of carbonyl (C=O) groups excluding carboxylic acids is 1. The highest BCUT2D eigenvalue weighted by Crippen LogP contribution is 2.34. The van der Waals surface area contributed by atoms with Crippen molar-refractivity contribution < 1.29 is 4.79 Å². The van der Waals surface area contributed by atoms with Crippen molar-refractivity contribution in [3.63, 3.8) is 0 Å². The molecule has 0 saturated heterocycles. The SMILES string of the molecule is CCCC[C@@H]1CCC(=O)[C@H]1Cc1ccccc1. The first kappa shape index (κ1) is 12.3. The molecule has 2 rings (SSSR count). The van der Waals surface area contributed by atoms with Gasteiger partial charge in [-0.05, 0) is 30.7 Å². The van der Waals surface area contributed by atoms with E-state index in [1.807, 2.05) is 6.07 Å². The van der Waals surface area contributed by atoms with Crippen LogP contribution in [0.5, 0.6) is 0 Å². The van der Waals surface area contributed by atoms with E-state index in [1.165, 1.54) is 24.8 Å². The number of ketones is 1. The Hall–Kier alpha value is -1.11. The lowest BCUT2D eigenvalue weighted by atomic mass is 9.86. The van der Waals surface area contributed by atoms with Crippen molar-refractivity contribution in [3.05, 3.63) is 35.9 Å². The second-order valence-corrected chi connectivity index (χ2v) is 5.20. The third kappa shape index (κ3) is 3.18. The van der Waals surface area contributed by atoms with Gasteiger partial charge in [-0.2, -0.15) is 0 Å². The Morgan fingerprint density at radius 1 is 1.24 bits per heavy atom. The fraction of sp³-hybridized carbons (Fsp3) is 0.562. The molecule has 1 saturated carbocycles. The highest BCUT2D eigenvalue weighted by Gasteiger charge is 2.33. The number of carbonyl (C=O) groups is 1. The first-order valence-corrected chi connectivity index (χ1v) is 6.88. The Morgan fingerprint density at radius 3 is 2.71 bits per heavy atom. The molecule has 0 radical (unpaired) electrons. The number of benzene rings is 1. The molecule has 1 aliphatic rings. The van der Waals surface area contributed by atoms with E-state index < -0.39 is 0 Å². The van der Waals surface area contributed by atoms with Crippen LogP contribution in [-0.2, 0) is 11.2 Å². The maximum Gasteiger partial charge on any atom is 0.136 e. The lowest BCUT2D eigenvalue weighted by molar-refractivity contribution is -0.121. The summed E-state index contributed by atoms with van der Waals surface area (Å²) >= 11 is 0. The van der Waals surface area contributed by atoms with E-state index in [0.717, 1.165) is 19.3 Å². The Kier molecular flexibility index (Phi) is 4.36. The number of hydrogen-bond acceptors (Lipinski definition) is 1. The molecule has 0 N–H and O–H groups in total. The van der Waals surface area contributed by atoms with Crippen molar-refractivity contribution >= 4 is 5.78 Å². The molecular formula is C16H22O. The van der Waals surface area contributed by atoms with E-state index in [1.54, 1.807) is 0 Å². The lowest BCUT2D eigenvalue weighted by Gasteiger charge is -2.18. The van der Waals surface area contributed by atoms with E-state index in [-0.39, 0.29) is 0 Å². The minimum atomic E-state index is 0.295. The smallest absolute Gasteiger partial charge is 0.136 e. The minimum absolute atomic E-state index is 0.295. The summed E-state index contributed by atoms with van der Waals surface area (Å²) in [5, 5.41) is 0. The first-order chi connectivity index (χ1) is 8.31. The maximum atomic E-state index is 12.0. The highest BCUT2D eigenvalue weighted by atomic mass is 16.1. The van der Waals surface area contributed by atoms with Crippen LogP contribution in [0.15, 0.2) is 30.3 Å². The molecule has 2 atom stereocenters. The van der Waals surface area contributed by atoms with Crippen molar-refractivity contribution in [2.24, 2.45) is 11.8 Å². The van der Waals surface area contributed by atoms with Crippen molar-refractivity contribution in [2.75, 3.05) is 0 Å². The maximum absolute atomic E-state index is 12.0. The topological polar surface area (TPSA) is 17.1 Å². The van der Waals surface area contributed by atoms with Crippen LogP contribution in [0.2, 0.25) is 0 Å². The normalized spacial score (nSPS) is 24.2. The van der Waals surface area contributed by atoms with Gasteiger partial charge in [-0.15, -0.1) is 0 Å². The molecule has 1 aromatic carbocycles. The van der Waals surface area contributed by atoms with E-state index >= 15 is 0 Å². The minimum Gasteiger partial charge on any atom is -0.299 e. The van der Waals surface area contributed by atoms with E-state index in [0.29, 0.717) is 17.6 Å². The summed E-state index contributed by atoms with van der Waals surface area (Å²) in [7, 11) is 0. The standard InChI is InChI=1S/C16H22O/c1-2-3-9-14-10-11-16(17)15(14)12-13-7-5-4-6-8-13/h4-8,14-15H,2-3,9-12H2,1H3/t14-,15+/m1/s1. The summed E-state index contributed by atoms with van der Waals surface area (Å²) in [6.45, 7) is 2.23. The second-order valence-electron chi connectivity index (χ2n) is 5.20. The fourth-order valence-corrected chi connectivity index (χ4v) is 2.94. The van der Waals surface area contributed by atoms with Crippen molar-refractivity contribution in [2.45, 2.75) is 45.4 Å². The molecule has 0 unspecified atom stereocenters. The van der Waals surface area contributed by atoms with Gasteiger partial charge in [0.2, 0.25) is 0 Å². The van der Waals surface area contributed by atoms with E-state index in [9.17, 15) is 4.79 Å². The molecule has 0 bridgehead atoms. The van der Waals surface area contributed by atoms with Crippen LogP contribution in [0, 0.1) is 11.8 Å². The van der Waals surface area contributed by atoms with Gasteiger partial charge in [0, 0.05) is 12.3 Å². The van der Waals surface area contributed by atoms with Crippen LogP contribution in [0.3, 0.4) is 0 Å². The largest absolute Gasteiger partial charge is 0.299 e. The van der Waals surface area contributed by atoms with Crippen molar-refractivity contribution in [1.29, 1.82) is 0 Å². The summed E-state index contributed by atoms with van der Waals surface area (Å²) in [5.74, 6) is 1.43. The Bertz CT molecular complexity index is 355. The average molecular weight is 230 g/mol. The van der Waals surface area contributed by atoms with Gasteiger partial charge in [-0.3, -0.25) is 4.79 Å². The van der Waals surface area contributed by atoms with Gasteiger partial charge >= 0.3 is 0 Å². The van der Waals surface area contributed by atoms with Crippen LogP contribution < -0.4 is 0 Å². The van der Waals surface area contributed by atoms with Crippen molar-refractivity contribution in [3.8, 4) is 0 Å². The molecule has 1 fully saturated rings. The molecule has 0 amide bonds. The van der Waals surface area contributed by atoms with Gasteiger partial charge in [0.15, 0.2) is 0 Å². The van der Waals surface area contributed by atoms with E-state index in [2.05, 4.69) is 31.2 Å². The number of hydrogen-bond donors (Lipinski definition) is 0. The Balaban J connectivity index is 1.99. The zero-order valence-electron chi connectivity index (χ0n) is 10.7. The van der Waals surface area contributed by atoms with Gasteiger partial charge in [0.1, 0.15) is 5.78 Å². The van der Waals surface area contributed by atoms with Crippen LogP contribution in [0.25, 0.3) is 0 Å². The fourth-order valence-electron chi connectivity index (χ4n) is 2.94. The monoisotopic (exact) mass is 230 g/mol. The van der Waals surface area contributed by atoms with Crippen molar-refractivity contribution in [1.82, 2.24) is 0 Å². The molecule has 1 nitrogen and oxygen atoms in total. The predicted octanol–water partition coefficient (Wildman–Crippen LogP) is 4.01. The lowest BCUT2D eigenvalue weighted by Crippen LogP contribution is -2.17. The summed E-state index contributed by atoms with van der Waals surface area (Å²) in [5.41, 5.74) is 1.31. The highest BCUT2D eigenvalue weighted by molar-refractivity contribution is 5.83. The summed E-state index contributed by atoms with van der Waals surface area (Å²) in [4.78, 5) is 12.0. The molecule has 92 valence electrons. The van der Waals surface area contributed by atoms with Gasteiger partial charge in [0.05, 0.1) is 0 Å². The third-order valence-electron chi connectivity index (χ3n) is 3.97. The van der Waals surface area contributed by atoms with Crippen LogP contribution >= 0.6 is 0 Å². The molecule has 0 spiro atoms. The summed E-state index contributed by atoms with van der Waals surface area (Å²) < 4.78 is 0. The first-order valence-electron chi connectivity index (χ1n) is 6.88. The molecule has 1 heteroatoms. The van der Waals surface area contributed by atoms with Crippen LogP contribution in [-0.4, -0.2) is 5.78 Å². The number of rotatable bonds is 5. The molecule has 17 heavy (non-hydrogen) atoms. The molecule has 0 aliphatic heterocycles. The van der Waals surface area contributed by atoms with E-state index in [4.69, 9.17) is 0 Å². The molecule has 0 heterocycles. The van der Waals surface area contributed by atoms with Gasteiger partial charge in [-0.25, -0.2) is 0 Å². The number of Topliss-reactive ketones (excluding diaryl/α,β-unsaturated/α-hetero) is 1. The second kappa shape index (κ2) is 6.00. The van der Waals surface area contributed by atoms with Gasteiger partial charge in [-0.1, -0.05) is 50.1 Å². The third-order valence-corrected chi connectivity index (χ3v) is 3.97. The summed E-state index contributed by atoms with van der Waals surface area (Å²) in [6.07, 6.45) is 6.63. The molecular weight excluding hydrogens is 208 g/mol. The zero-order chi connectivity index (χ0) is 12.1. The quantitative estimate of drug-likeness (QED) is 0.746. The molecule has 1 aromatic rings. The number of unbranched alkanes of at least 4 members (excludes halogenated alkanes) is 1. The van der Waals surface area contributed by atoms with Gasteiger partial charge < -0.3 is 0 Å². The Labute approximate surface area is 104 Å². The predicted molar refractivity (Wildman–Crippen MR) is 70.9 cm³/mol. The molecule has 1 aliphatic carbocycles. The Morgan fingerprint density at radius 2 is 2.00 bits per heavy atom. The van der Waals surface area contributed by atoms with Gasteiger partial charge in [0.25, 0.3) is 0 Å². The zero-order valence-corrected chi connectivity index (χ0v) is 10.7.